The summed E-state index contributed by atoms with van der Waals surface area (Å²) in [7, 11) is 0. The zero-order valence-corrected chi connectivity index (χ0v) is 14.8. The van der Waals surface area contributed by atoms with Gasteiger partial charge in [0.2, 0.25) is 5.91 Å². The fourth-order valence-electron chi connectivity index (χ4n) is 2.75. The van der Waals surface area contributed by atoms with Gasteiger partial charge in [0.15, 0.2) is 10.8 Å². The Hall–Kier alpha value is -1.96. The number of carbonyl (C=O) groups is 1. The average molecular weight is 347 g/mol. The Morgan fingerprint density at radius 2 is 2.08 bits per heavy atom. The minimum Gasteiger partial charge on any atom is -0.341 e. The Morgan fingerprint density at radius 3 is 2.79 bits per heavy atom. The van der Waals surface area contributed by atoms with Crippen molar-refractivity contribution in [3.63, 3.8) is 0 Å². The number of nitrogens with zero attached hydrogens (tertiary/aromatic N) is 5. The second-order valence-corrected chi connectivity index (χ2v) is 7.29. The van der Waals surface area contributed by atoms with Crippen LogP contribution in [0.4, 0.5) is 0 Å². The largest absolute Gasteiger partial charge is 0.341 e. The van der Waals surface area contributed by atoms with Gasteiger partial charge in [-0.15, -0.1) is 0 Å². The maximum atomic E-state index is 12.5. The smallest absolute Gasteiger partial charge is 0.264 e. The molecule has 2 aromatic rings. The second kappa shape index (κ2) is 7.29. The van der Waals surface area contributed by atoms with E-state index in [4.69, 9.17) is 0 Å². The number of aromatic nitrogens is 4. The first-order chi connectivity index (χ1) is 11.6. The summed E-state index contributed by atoms with van der Waals surface area (Å²) in [4.78, 5) is 39.4. The molecule has 0 aliphatic carbocycles. The van der Waals surface area contributed by atoms with E-state index < -0.39 is 0 Å². The van der Waals surface area contributed by atoms with Gasteiger partial charge in [-0.3, -0.25) is 14.2 Å². The standard InChI is InChI=1S/C16H21N5O2S/c1-3-24-16-17-8-12-14(19-16)18-10-21(15(12)23)9-13(22)20-6-4-11(2)5-7-20/h8,10-11H,3-7,9H2,1-2H3. The number of piperidine rings is 1. The summed E-state index contributed by atoms with van der Waals surface area (Å²) in [5, 5.41) is 0.950. The molecule has 0 radical (unpaired) electrons. The summed E-state index contributed by atoms with van der Waals surface area (Å²) in [5.41, 5.74) is 0.105. The Labute approximate surface area is 144 Å². The van der Waals surface area contributed by atoms with E-state index in [1.54, 1.807) is 0 Å². The van der Waals surface area contributed by atoms with Gasteiger partial charge in [-0.2, -0.15) is 0 Å². The van der Waals surface area contributed by atoms with Crippen molar-refractivity contribution in [3.05, 3.63) is 22.9 Å². The first kappa shape index (κ1) is 16.9. The van der Waals surface area contributed by atoms with Crippen molar-refractivity contribution in [2.24, 2.45) is 5.92 Å². The highest BCUT2D eigenvalue weighted by Crippen LogP contribution is 2.16. The van der Waals surface area contributed by atoms with E-state index in [1.807, 2.05) is 11.8 Å². The van der Waals surface area contributed by atoms with Crippen LogP contribution in [-0.2, 0) is 11.3 Å². The van der Waals surface area contributed by atoms with Gasteiger partial charge in [0.1, 0.15) is 18.3 Å². The Balaban J connectivity index is 1.80. The first-order valence-corrected chi connectivity index (χ1v) is 9.19. The van der Waals surface area contributed by atoms with Crippen molar-refractivity contribution in [2.45, 2.75) is 38.4 Å². The maximum Gasteiger partial charge on any atom is 0.264 e. The molecule has 0 unspecified atom stereocenters. The molecular formula is C16H21N5O2S. The van der Waals surface area contributed by atoms with Crippen LogP contribution in [0.2, 0.25) is 0 Å². The summed E-state index contributed by atoms with van der Waals surface area (Å²) in [5.74, 6) is 1.47. The third-order valence-electron chi connectivity index (χ3n) is 4.27. The summed E-state index contributed by atoms with van der Waals surface area (Å²) in [6.07, 6.45) is 4.94. The molecule has 0 aromatic carbocycles. The predicted molar refractivity (Wildman–Crippen MR) is 93.0 cm³/mol. The second-order valence-electron chi connectivity index (χ2n) is 6.06. The number of hydrogen-bond donors (Lipinski definition) is 0. The monoisotopic (exact) mass is 347 g/mol. The molecule has 128 valence electrons. The molecule has 3 rings (SSSR count). The molecule has 24 heavy (non-hydrogen) atoms. The van der Waals surface area contributed by atoms with Crippen molar-refractivity contribution in [2.75, 3.05) is 18.8 Å². The fraction of sp³-hybridized carbons (Fsp3) is 0.562. The lowest BCUT2D eigenvalue weighted by atomic mass is 9.99. The topological polar surface area (TPSA) is 81.0 Å². The highest BCUT2D eigenvalue weighted by molar-refractivity contribution is 7.99. The van der Waals surface area contributed by atoms with Gasteiger partial charge in [0.05, 0.1) is 0 Å². The number of carbonyl (C=O) groups excluding carboxylic acids is 1. The van der Waals surface area contributed by atoms with E-state index in [-0.39, 0.29) is 18.0 Å². The average Bonchev–Trinajstić information content (AvgIpc) is 2.58. The molecule has 7 nitrogen and oxygen atoms in total. The third-order valence-corrected chi connectivity index (χ3v) is 5.02. The lowest BCUT2D eigenvalue weighted by Crippen LogP contribution is -2.41. The van der Waals surface area contributed by atoms with Crippen LogP contribution in [0.3, 0.4) is 0 Å². The highest BCUT2D eigenvalue weighted by atomic mass is 32.2. The van der Waals surface area contributed by atoms with Gasteiger partial charge >= 0.3 is 0 Å². The molecule has 1 aliphatic rings. The highest BCUT2D eigenvalue weighted by Gasteiger charge is 2.21. The normalized spacial score (nSPS) is 15.8. The lowest BCUT2D eigenvalue weighted by Gasteiger charge is -2.30. The summed E-state index contributed by atoms with van der Waals surface area (Å²) >= 11 is 1.50. The van der Waals surface area contributed by atoms with E-state index >= 15 is 0 Å². The molecule has 1 fully saturated rings. The number of likely N-dealkylation sites (tertiary alicyclic amines) is 1. The fourth-order valence-corrected chi connectivity index (χ4v) is 3.29. The molecule has 1 aliphatic heterocycles. The van der Waals surface area contributed by atoms with Crippen LogP contribution >= 0.6 is 11.8 Å². The van der Waals surface area contributed by atoms with Crippen LogP contribution in [0, 0.1) is 5.92 Å². The van der Waals surface area contributed by atoms with Crippen molar-refractivity contribution in [3.8, 4) is 0 Å². The SMILES string of the molecule is CCSc1ncc2c(=O)n(CC(=O)N3CCC(C)CC3)cnc2n1. The van der Waals surface area contributed by atoms with E-state index in [2.05, 4.69) is 21.9 Å². The Morgan fingerprint density at radius 1 is 1.33 bits per heavy atom. The van der Waals surface area contributed by atoms with Gasteiger partial charge in [0.25, 0.3) is 5.56 Å². The first-order valence-electron chi connectivity index (χ1n) is 8.21. The van der Waals surface area contributed by atoms with Crippen molar-refractivity contribution < 1.29 is 4.79 Å². The van der Waals surface area contributed by atoms with Crippen molar-refractivity contribution in [1.29, 1.82) is 0 Å². The molecule has 1 amide bonds. The quantitative estimate of drug-likeness (QED) is 0.617. The zero-order valence-electron chi connectivity index (χ0n) is 13.9. The van der Waals surface area contributed by atoms with E-state index in [0.717, 1.165) is 31.7 Å². The number of hydrogen-bond acceptors (Lipinski definition) is 6. The number of amides is 1. The van der Waals surface area contributed by atoms with Crippen LogP contribution in [0.5, 0.6) is 0 Å². The van der Waals surface area contributed by atoms with Crippen LogP contribution in [-0.4, -0.2) is 49.2 Å². The van der Waals surface area contributed by atoms with Gasteiger partial charge in [-0.25, -0.2) is 15.0 Å². The predicted octanol–water partition coefficient (Wildman–Crippen LogP) is 1.56. The van der Waals surface area contributed by atoms with E-state index in [1.165, 1.54) is 28.9 Å². The van der Waals surface area contributed by atoms with E-state index in [0.29, 0.717) is 22.1 Å². The van der Waals surface area contributed by atoms with Crippen LogP contribution < -0.4 is 5.56 Å². The summed E-state index contributed by atoms with van der Waals surface area (Å²) in [6, 6.07) is 0. The summed E-state index contributed by atoms with van der Waals surface area (Å²) < 4.78 is 1.35. The van der Waals surface area contributed by atoms with Gasteiger partial charge in [-0.1, -0.05) is 25.6 Å². The van der Waals surface area contributed by atoms with Gasteiger partial charge < -0.3 is 4.90 Å². The Bertz CT molecular complexity index is 799. The van der Waals surface area contributed by atoms with E-state index in [9.17, 15) is 9.59 Å². The molecule has 3 heterocycles. The molecule has 2 aromatic heterocycles. The molecular weight excluding hydrogens is 326 g/mol. The number of rotatable bonds is 4. The van der Waals surface area contributed by atoms with Crippen LogP contribution in [0.1, 0.15) is 26.7 Å². The Kier molecular flexibility index (Phi) is 5.13. The molecule has 0 bridgehead atoms. The number of fused-ring (bicyclic) bond motifs is 1. The molecule has 1 saturated heterocycles. The number of thioether (sulfide) groups is 1. The summed E-state index contributed by atoms with van der Waals surface area (Å²) in [6.45, 7) is 5.75. The molecule has 0 saturated carbocycles. The van der Waals surface area contributed by atoms with Crippen LogP contribution in [0.15, 0.2) is 22.5 Å². The van der Waals surface area contributed by atoms with Crippen molar-refractivity contribution in [1.82, 2.24) is 24.4 Å². The van der Waals surface area contributed by atoms with Crippen LogP contribution in [0.25, 0.3) is 11.0 Å². The molecule has 0 N–H and O–H groups in total. The third kappa shape index (κ3) is 3.58. The maximum absolute atomic E-state index is 12.5. The van der Waals surface area contributed by atoms with Crippen molar-refractivity contribution >= 4 is 28.7 Å². The minimum absolute atomic E-state index is 0.0155. The van der Waals surface area contributed by atoms with Gasteiger partial charge in [0, 0.05) is 19.3 Å². The molecule has 0 spiro atoms. The zero-order chi connectivity index (χ0) is 17.1. The van der Waals surface area contributed by atoms with Gasteiger partial charge in [-0.05, 0) is 24.5 Å². The molecule has 0 atom stereocenters. The lowest BCUT2D eigenvalue weighted by molar-refractivity contribution is -0.133. The minimum atomic E-state index is -0.272. The molecule has 8 heteroatoms.